The Hall–Kier alpha value is -0.540. The summed E-state index contributed by atoms with van der Waals surface area (Å²) in [5, 5.41) is 3.37. The monoisotopic (exact) mass is 255 g/mol. The molecule has 1 atom stereocenters. The van der Waals surface area contributed by atoms with Crippen LogP contribution in [0.2, 0.25) is 0 Å². The van der Waals surface area contributed by atoms with Crippen LogP contribution in [0.15, 0.2) is 22.7 Å². The van der Waals surface area contributed by atoms with Crippen molar-refractivity contribution in [3.8, 4) is 5.75 Å². The Bertz CT molecular complexity index is 321. The second-order valence-corrected chi connectivity index (χ2v) is 4.49. The van der Waals surface area contributed by atoms with Crippen molar-refractivity contribution < 1.29 is 4.74 Å². The summed E-state index contributed by atoms with van der Waals surface area (Å²) in [6.07, 6.45) is 1.21. The smallest absolute Gasteiger partial charge is 0.123 e. The van der Waals surface area contributed by atoms with E-state index in [1.807, 2.05) is 6.07 Å². The van der Waals surface area contributed by atoms with E-state index in [0.717, 1.165) is 23.3 Å². The summed E-state index contributed by atoms with van der Waals surface area (Å²) < 4.78 is 6.45. The molecule has 0 spiro atoms. The second-order valence-electron chi connectivity index (χ2n) is 3.58. The fraction of sp³-hybridized carbons (Fsp3) is 0.455. The highest BCUT2D eigenvalue weighted by Gasteiger charge is 2.19. The summed E-state index contributed by atoms with van der Waals surface area (Å²) in [5.74, 6) is 1.60. The highest BCUT2D eigenvalue weighted by molar-refractivity contribution is 9.10. The highest BCUT2D eigenvalue weighted by atomic mass is 79.9. The molecule has 1 aliphatic rings. The summed E-state index contributed by atoms with van der Waals surface area (Å²) in [6.45, 7) is 2.18. The van der Waals surface area contributed by atoms with Gasteiger partial charge in [-0.2, -0.15) is 0 Å². The summed E-state index contributed by atoms with van der Waals surface area (Å²) in [7, 11) is 1.73. The Labute approximate surface area is 92.8 Å². The topological polar surface area (TPSA) is 21.3 Å². The van der Waals surface area contributed by atoms with Gasteiger partial charge >= 0.3 is 0 Å². The standard InChI is InChI=1S/C11H14BrNO/c1-14-11-6-9(12)2-3-10(11)8-4-5-13-7-8/h2-3,6,8,13H,4-5,7H2,1H3/t8-/m0/s1. The van der Waals surface area contributed by atoms with E-state index in [1.54, 1.807) is 7.11 Å². The largest absolute Gasteiger partial charge is 0.496 e. The van der Waals surface area contributed by atoms with Crippen LogP contribution < -0.4 is 10.1 Å². The third-order valence-corrected chi connectivity index (χ3v) is 3.19. The first-order chi connectivity index (χ1) is 6.81. The van der Waals surface area contributed by atoms with Crippen LogP contribution in [0.25, 0.3) is 0 Å². The van der Waals surface area contributed by atoms with Gasteiger partial charge in [0.25, 0.3) is 0 Å². The molecule has 0 amide bonds. The van der Waals surface area contributed by atoms with Gasteiger partial charge in [-0.05, 0) is 30.7 Å². The molecule has 1 heterocycles. The van der Waals surface area contributed by atoms with Crippen LogP contribution in [0.1, 0.15) is 17.9 Å². The van der Waals surface area contributed by atoms with E-state index in [0.29, 0.717) is 5.92 Å². The van der Waals surface area contributed by atoms with Crippen molar-refractivity contribution in [1.29, 1.82) is 0 Å². The molecule has 2 rings (SSSR count). The molecule has 0 unspecified atom stereocenters. The van der Waals surface area contributed by atoms with Crippen LogP contribution in [0.3, 0.4) is 0 Å². The van der Waals surface area contributed by atoms with Gasteiger partial charge in [-0.3, -0.25) is 0 Å². The molecular weight excluding hydrogens is 242 g/mol. The van der Waals surface area contributed by atoms with Gasteiger partial charge in [-0.25, -0.2) is 0 Å². The van der Waals surface area contributed by atoms with Gasteiger partial charge in [-0.1, -0.05) is 22.0 Å². The van der Waals surface area contributed by atoms with Crippen LogP contribution in [-0.2, 0) is 0 Å². The first-order valence-electron chi connectivity index (χ1n) is 4.85. The van der Waals surface area contributed by atoms with Crippen LogP contribution in [0.5, 0.6) is 5.75 Å². The average molecular weight is 256 g/mol. The molecule has 1 aromatic carbocycles. The molecule has 1 saturated heterocycles. The Morgan fingerprint density at radius 1 is 1.50 bits per heavy atom. The van der Waals surface area contributed by atoms with Crippen molar-refractivity contribution in [2.45, 2.75) is 12.3 Å². The predicted molar refractivity (Wildman–Crippen MR) is 60.9 cm³/mol. The Morgan fingerprint density at radius 3 is 3.00 bits per heavy atom. The normalized spacial score (nSPS) is 21.1. The number of nitrogens with one attached hydrogen (secondary N) is 1. The first kappa shape index (κ1) is 9.99. The quantitative estimate of drug-likeness (QED) is 0.877. The third kappa shape index (κ3) is 1.93. The SMILES string of the molecule is COc1cc(Br)ccc1[C@H]1CCNC1. The fourth-order valence-electron chi connectivity index (χ4n) is 1.94. The number of ether oxygens (including phenoxy) is 1. The van der Waals surface area contributed by atoms with Crippen molar-refractivity contribution >= 4 is 15.9 Å². The van der Waals surface area contributed by atoms with Gasteiger partial charge in [0.05, 0.1) is 7.11 Å². The Kier molecular flexibility index (Phi) is 3.08. The van der Waals surface area contributed by atoms with Gasteiger partial charge in [0.2, 0.25) is 0 Å². The maximum atomic E-state index is 5.38. The van der Waals surface area contributed by atoms with Gasteiger partial charge in [0.15, 0.2) is 0 Å². The van der Waals surface area contributed by atoms with Crippen LogP contribution in [0.4, 0.5) is 0 Å². The molecule has 76 valence electrons. The van der Waals surface area contributed by atoms with E-state index in [2.05, 4.69) is 33.4 Å². The molecule has 1 aromatic rings. The lowest BCUT2D eigenvalue weighted by Crippen LogP contribution is -2.08. The number of benzene rings is 1. The van der Waals surface area contributed by atoms with Crippen molar-refractivity contribution in [1.82, 2.24) is 5.32 Å². The van der Waals surface area contributed by atoms with Crippen LogP contribution in [0, 0.1) is 0 Å². The van der Waals surface area contributed by atoms with E-state index < -0.39 is 0 Å². The number of rotatable bonds is 2. The summed E-state index contributed by atoms with van der Waals surface area (Å²) in [6, 6.07) is 6.27. The Morgan fingerprint density at radius 2 is 2.36 bits per heavy atom. The first-order valence-corrected chi connectivity index (χ1v) is 5.64. The lowest BCUT2D eigenvalue weighted by molar-refractivity contribution is 0.406. The molecule has 2 nitrogen and oxygen atoms in total. The van der Waals surface area contributed by atoms with E-state index in [4.69, 9.17) is 4.74 Å². The van der Waals surface area contributed by atoms with Gasteiger partial charge in [0, 0.05) is 16.9 Å². The molecule has 0 aromatic heterocycles. The van der Waals surface area contributed by atoms with Crippen LogP contribution >= 0.6 is 15.9 Å². The van der Waals surface area contributed by atoms with E-state index in [-0.39, 0.29) is 0 Å². The molecule has 0 radical (unpaired) electrons. The number of methoxy groups -OCH3 is 1. The molecule has 1 fully saturated rings. The Balaban J connectivity index is 2.31. The molecule has 0 bridgehead atoms. The minimum atomic E-state index is 0.609. The predicted octanol–water partition coefficient (Wildman–Crippen LogP) is 2.53. The zero-order valence-corrected chi connectivity index (χ0v) is 9.80. The highest BCUT2D eigenvalue weighted by Crippen LogP contribution is 2.32. The van der Waals surface area contributed by atoms with E-state index in [1.165, 1.54) is 12.0 Å². The number of hydrogen-bond donors (Lipinski definition) is 1. The average Bonchev–Trinajstić information content (AvgIpc) is 2.70. The zero-order valence-electron chi connectivity index (χ0n) is 8.22. The maximum Gasteiger partial charge on any atom is 0.123 e. The molecule has 3 heteroatoms. The minimum Gasteiger partial charge on any atom is -0.496 e. The molecule has 0 aliphatic carbocycles. The second kappa shape index (κ2) is 4.32. The molecule has 14 heavy (non-hydrogen) atoms. The molecular formula is C11H14BrNO. The van der Waals surface area contributed by atoms with Gasteiger partial charge in [0.1, 0.15) is 5.75 Å². The lowest BCUT2D eigenvalue weighted by Gasteiger charge is -2.13. The summed E-state index contributed by atoms with van der Waals surface area (Å²) in [5.41, 5.74) is 1.32. The molecule has 1 aliphatic heterocycles. The minimum absolute atomic E-state index is 0.609. The summed E-state index contributed by atoms with van der Waals surface area (Å²) in [4.78, 5) is 0. The van der Waals surface area contributed by atoms with Crippen molar-refractivity contribution in [3.63, 3.8) is 0 Å². The van der Waals surface area contributed by atoms with Crippen molar-refractivity contribution in [2.75, 3.05) is 20.2 Å². The molecule has 0 saturated carbocycles. The van der Waals surface area contributed by atoms with Gasteiger partial charge in [-0.15, -0.1) is 0 Å². The van der Waals surface area contributed by atoms with Gasteiger partial charge < -0.3 is 10.1 Å². The maximum absolute atomic E-state index is 5.38. The fourth-order valence-corrected chi connectivity index (χ4v) is 2.28. The van der Waals surface area contributed by atoms with Crippen LogP contribution in [-0.4, -0.2) is 20.2 Å². The zero-order chi connectivity index (χ0) is 9.97. The lowest BCUT2D eigenvalue weighted by atomic mass is 9.97. The van der Waals surface area contributed by atoms with Crippen molar-refractivity contribution in [3.05, 3.63) is 28.2 Å². The molecule has 1 N–H and O–H groups in total. The van der Waals surface area contributed by atoms with Crippen molar-refractivity contribution in [2.24, 2.45) is 0 Å². The van der Waals surface area contributed by atoms with E-state index in [9.17, 15) is 0 Å². The number of hydrogen-bond acceptors (Lipinski definition) is 2. The van der Waals surface area contributed by atoms with E-state index >= 15 is 0 Å². The number of halogens is 1. The third-order valence-electron chi connectivity index (χ3n) is 2.70. The summed E-state index contributed by atoms with van der Waals surface area (Å²) >= 11 is 3.45.